The lowest BCUT2D eigenvalue weighted by Crippen LogP contribution is -2.45. The zero-order valence-electron chi connectivity index (χ0n) is 9.44. The normalized spacial score (nSPS) is 23.1. The molecule has 1 aliphatic rings. The smallest absolute Gasteiger partial charge is 0.326 e. The number of hydrogen-bond acceptors (Lipinski definition) is 5. The Morgan fingerprint density at radius 3 is 3.00 bits per heavy atom. The quantitative estimate of drug-likeness (QED) is 0.710. The molecule has 0 bridgehead atoms. The number of carbonyl (C=O) groups is 2. The Morgan fingerprint density at radius 2 is 2.39 bits per heavy atom. The van der Waals surface area contributed by atoms with Crippen LogP contribution in [0.15, 0.2) is 11.7 Å². The first-order valence-electron chi connectivity index (χ1n) is 5.40. The molecule has 2 heterocycles. The highest BCUT2D eigenvalue weighted by Gasteiger charge is 2.38. The number of amides is 2. The Balaban J connectivity index is 1.93. The molecule has 0 aliphatic carbocycles. The first-order valence-corrected chi connectivity index (χ1v) is 6.28. The molecule has 2 unspecified atom stereocenters. The molecule has 2 amide bonds. The maximum absolute atomic E-state index is 11.8. The number of likely N-dealkylation sites (tertiary alicyclic amines) is 1. The summed E-state index contributed by atoms with van der Waals surface area (Å²) in [5, 5.41) is 21.0. The molecule has 1 saturated heterocycles. The number of rotatable bonds is 3. The van der Waals surface area contributed by atoms with Gasteiger partial charge in [0, 0.05) is 24.0 Å². The van der Waals surface area contributed by atoms with Gasteiger partial charge in [-0.15, -0.1) is 11.3 Å². The van der Waals surface area contributed by atoms with E-state index < -0.39 is 24.1 Å². The molecule has 2 rings (SSSR count). The van der Waals surface area contributed by atoms with Crippen LogP contribution < -0.4 is 5.32 Å². The maximum Gasteiger partial charge on any atom is 0.326 e. The van der Waals surface area contributed by atoms with E-state index in [1.807, 2.05) is 0 Å². The first-order chi connectivity index (χ1) is 8.58. The standard InChI is InChI=1S/C10H13N3O4S/c14-6-1-8(9(15)16)13(4-6)10(17)12-3-7-2-11-5-18-7/h2,5-6,8,14H,1,3-4H2,(H,12,17)(H,15,16). The maximum atomic E-state index is 11.8. The van der Waals surface area contributed by atoms with Gasteiger partial charge in [-0.25, -0.2) is 9.59 Å². The van der Waals surface area contributed by atoms with Crippen molar-refractivity contribution in [1.82, 2.24) is 15.2 Å². The molecule has 18 heavy (non-hydrogen) atoms. The van der Waals surface area contributed by atoms with E-state index in [9.17, 15) is 14.7 Å². The fourth-order valence-electron chi connectivity index (χ4n) is 1.87. The first kappa shape index (κ1) is 12.8. The minimum absolute atomic E-state index is 0.0471. The van der Waals surface area contributed by atoms with Gasteiger partial charge < -0.3 is 20.4 Å². The van der Waals surface area contributed by atoms with E-state index in [0.717, 1.165) is 9.78 Å². The largest absolute Gasteiger partial charge is 0.480 e. The van der Waals surface area contributed by atoms with Crippen molar-refractivity contribution in [3.8, 4) is 0 Å². The summed E-state index contributed by atoms with van der Waals surface area (Å²) in [4.78, 5) is 28.7. The van der Waals surface area contributed by atoms with Crippen molar-refractivity contribution >= 4 is 23.3 Å². The summed E-state index contributed by atoms with van der Waals surface area (Å²) in [6.45, 7) is 0.355. The summed E-state index contributed by atoms with van der Waals surface area (Å²) >= 11 is 1.41. The third-order valence-corrected chi connectivity index (χ3v) is 3.50. The molecule has 2 atom stereocenters. The number of carbonyl (C=O) groups excluding carboxylic acids is 1. The zero-order valence-corrected chi connectivity index (χ0v) is 10.3. The number of urea groups is 1. The molecule has 0 aromatic carbocycles. The molecule has 1 fully saturated rings. The predicted octanol–water partition coefficient (Wildman–Crippen LogP) is -0.127. The van der Waals surface area contributed by atoms with Crippen LogP contribution in [0.25, 0.3) is 0 Å². The van der Waals surface area contributed by atoms with Crippen LogP contribution in [0.3, 0.4) is 0 Å². The van der Waals surface area contributed by atoms with Gasteiger partial charge in [0.1, 0.15) is 6.04 Å². The molecule has 8 heteroatoms. The van der Waals surface area contributed by atoms with E-state index in [4.69, 9.17) is 5.11 Å². The zero-order chi connectivity index (χ0) is 13.1. The summed E-state index contributed by atoms with van der Waals surface area (Å²) in [5.41, 5.74) is 1.65. The van der Waals surface area contributed by atoms with Crippen LogP contribution >= 0.6 is 11.3 Å². The lowest BCUT2D eigenvalue weighted by Gasteiger charge is -2.21. The Bertz CT molecular complexity index is 436. The van der Waals surface area contributed by atoms with E-state index in [1.165, 1.54) is 11.3 Å². The third-order valence-electron chi connectivity index (χ3n) is 2.72. The van der Waals surface area contributed by atoms with Crippen molar-refractivity contribution in [3.05, 3.63) is 16.6 Å². The number of thiazole rings is 1. The Labute approximate surface area is 107 Å². The van der Waals surface area contributed by atoms with E-state index in [0.29, 0.717) is 6.54 Å². The lowest BCUT2D eigenvalue weighted by molar-refractivity contribution is -0.141. The molecule has 0 radical (unpaired) electrons. The van der Waals surface area contributed by atoms with Gasteiger partial charge in [0.25, 0.3) is 0 Å². The molecule has 1 aromatic rings. The van der Waals surface area contributed by atoms with Crippen molar-refractivity contribution in [1.29, 1.82) is 0 Å². The van der Waals surface area contributed by atoms with Crippen molar-refractivity contribution in [3.63, 3.8) is 0 Å². The number of nitrogens with zero attached hydrogens (tertiary/aromatic N) is 2. The number of aliphatic carboxylic acids is 1. The average Bonchev–Trinajstić information content (AvgIpc) is 2.94. The molecule has 1 aliphatic heterocycles. The molecule has 3 N–H and O–H groups in total. The molecular weight excluding hydrogens is 258 g/mol. The van der Waals surface area contributed by atoms with Gasteiger partial charge in [-0.1, -0.05) is 0 Å². The minimum Gasteiger partial charge on any atom is -0.480 e. The highest BCUT2D eigenvalue weighted by atomic mass is 32.1. The molecule has 0 saturated carbocycles. The summed E-state index contributed by atoms with van der Waals surface area (Å²) < 4.78 is 0. The fraction of sp³-hybridized carbons (Fsp3) is 0.500. The van der Waals surface area contributed by atoms with Crippen molar-refractivity contribution in [2.75, 3.05) is 6.54 Å². The summed E-state index contributed by atoms with van der Waals surface area (Å²) in [6, 6.07) is -1.44. The number of aromatic nitrogens is 1. The molecule has 7 nitrogen and oxygen atoms in total. The topological polar surface area (TPSA) is 103 Å². The second kappa shape index (κ2) is 5.32. The summed E-state index contributed by atoms with van der Waals surface area (Å²) in [6.07, 6.45) is 0.933. The van der Waals surface area contributed by atoms with Gasteiger partial charge in [-0.2, -0.15) is 0 Å². The number of hydrogen-bond donors (Lipinski definition) is 3. The van der Waals surface area contributed by atoms with Gasteiger partial charge in [0.05, 0.1) is 18.2 Å². The van der Waals surface area contributed by atoms with E-state index >= 15 is 0 Å². The van der Waals surface area contributed by atoms with E-state index in [2.05, 4.69) is 10.3 Å². The van der Waals surface area contributed by atoms with Crippen LogP contribution in [0.4, 0.5) is 4.79 Å². The second-order valence-corrected chi connectivity index (χ2v) is 4.99. The third kappa shape index (κ3) is 2.77. The molecule has 0 spiro atoms. The lowest BCUT2D eigenvalue weighted by atomic mass is 10.2. The van der Waals surface area contributed by atoms with Crippen LogP contribution in [0.5, 0.6) is 0 Å². The van der Waals surface area contributed by atoms with Crippen molar-refractivity contribution in [2.24, 2.45) is 0 Å². The van der Waals surface area contributed by atoms with Gasteiger partial charge >= 0.3 is 12.0 Å². The van der Waals surface area contributed by atoms with Gasteiger partial charge in [0.15, 0.2) is 0 Å². The van der Waals surface area contributed by atoms with Crippen LogP contribution in [-0.2, 0) is 11.3 Å². The van der Waals surface area contributed by atoms with Gasteiger partial charge in [-0.05, 0) is 0 Å². The minimum atomic E-state index is -1.10. The highest BCUT2D eigenvalue weighted by molar-refractivity contribution is 7.09. The second-order valence-electron chi connectivity index (χ2n) is 4.02. The van der Waals surface area contributed by atoms with E-state index in [-0.39, 0.29) is 13.0 Å². The van der Waals surface area contributed by atoms with Crippen LogP contribution in [0.2, 0.25) is 0 Å². The van der Waals surface area contributed by atoms with E-state index in [1.54, 1.807) is 11.7 Å². The van der Waals surface area contributed by atoms with Crippen molar-refractivity contribution in [2.45, 2.75) is 25.1 Å². The number of nitrogens with one attached hydrogen (secondary N) is 1. The highest BCUT2D eigenvalue weighted by Crippen LogP contribution is 2.18. The van der Waals surface area contributed by atoms with Gasteiger partial charge in [0.2, 0.25) is 0 Å². The SMILES string of the molecule is O=C(O)C1CC(O)CN1C(=O)NCc1cncs1. The predicted molar refractivity (Wildman–Crippen MR) is 63.1 cm³/mol. The van der Waals surface area contributed by atoms with Crippen LogP contribution in [-0.4, -0.2) is 50.8 Å². The summed E-state index contributed by atoms with van der Waals surface area (Å²) in [7, 11) is 0. The number of carboxylic acid groups (broad SMARTS) is 1. The molecule has 1 aromatic heterocycles. The summed E-state index contributed by atoms with van der Waals surface area (Å²) in [5.74, 6) is -1.10. The van der Waals surface area contributed by atoms with Gasteiger partial charge in [-0.3, -0.25) is 4.98 Å². The van der Waals surface area contributed by atoms with Crippen molar-refractivity contribution < 1.29 is 19.8 Å². The Kier molecular flexibility index (Phi) is 3.78. The van der Waals surface area contributed by atoms with Crippen LogP contribution in [0, 0.1) is 0 Å². The van der Waals surface area contributed by atoms with Crippen LogP contribution in [0.1, 0.15) is 11.3 Å². The number of carboxylic acids is 1. The fourth-order valence-corrected chi connectivity index (χ4v) is 2.40. The number of aliphatic hydroxyl groups excluding tert-OH is 1. The molecular formula is C10H13N3O4S. The number of β-amino-alcohol motifs (C(OH)–C–C–N with tert-alkyl or cyclic N) is 1. The number of aliphatic hydroxyl groups is 1. The Morgan fingerprint density at radius 1 is 1.61 bits per heavy atom. The average molecular weight is 271 g/mol. The Hall–Kier alpha value is -1.67. The monoisotopic (exact) mass is 271 g/mol. The molecule has 98 valence electrons.